The van der Waals surface area contributed by atoms with Gasteiger partial charge in [-0.3, -0.25) is 4.90 Å². The van der Waals surface area contributed by atoms with E-state index in [1.165, 1.54) is 18.9 Å². The molecule has 2 rings (SSSR count). The van der Waals surface area contributed by atoms with Crippen LogP contribution >= 0.6 is 12.2 Å². The first-order chi connectivity index (χ1) is 9.47. The van der Waals surface area contributed by atoms with Crippen molar-refractivity contribution in [3.05, 3.63) is 35.1 Å². The number of thiocarbonyl (C=S) groups is 1. The lowest BCUT2D eigenvalue weighted by Crippen LogP contribution is -2.37. The van der Waals surface area contributed by atoms with Crippen molar-refractivity contribution in [1.29, 1.82) is 0 Å². The van der Waals surface area contributed by atoms with E-state index in [2.05, 4.69) is 23.9 Å². The van der Waals surface area contributed by atoms with E-state index in [4.69, 9.17) is 18.0 Å². The largest absolute Gasteiger partial charge is 0.389 e. The Morgan fingerprint density at radius 2 is 2.25 bits per heavy atom. The fraction of sp³-hybridized carbons (Fsp3) is 0.533. The molecule has 1 saturated heterocycles. The molecular formula is C15H22FN3S. The first-order valence-corrected chi connectivity index (χ1v) is 7.35. The normalized spacial score (nSPS) is 19.7. The molecule has 0 aliphatic carbocycles. The molecule has 110 valence electrons. The van der Waals surface area contributed by atoms with E-state index in [0.717, 1.165) is 18.7 Å². The molecule has 0 bridgehead atoms. The Hall–Kier alpha value is -1.04. The zero-order valence-electron chi connectivity index (χ0n) is 12.1. The predicted molar refractivity (Wildman–Crippen MR) is 84.3 cm³/mol. The van der Waals surface area contributed by atoms with Crippen LogP contribution in [0.4, 0.5) is 4.39 Å². The van der Waals surface area contributed by atoms with Crippen LogP contribution in [0, 0.1) is 5.82 Å². The molecule has 0 amide bonds. The number of rotatable bonds is 5. The van der Waals surface area contributed by atoms with E-state index in [-0.39, 0.29) is 5.82 Å². The maximum absolute atomic E-state index is 14.0. The average molecular weight is 295 g/mol. The topological polar surface area (TPSA) is 32.5 Å². The first kappa shape index (κ1) is 15.4. The summed E-state index contributed by atoms with van der Waals surface area (Å²) in [5.41, 5.74) is 7.04. The molecule has 2 N–H and O–H groups in total. The van der Waals surface area contributed by atoms with Crippen molar-refractivity contribution in [2.45, 2.75) is 25.4 Å². The van der Waals surface area contributed by atoms with Gasteiger partial charge in [0.25, 0.3) is 0 Å². The average Bonchev–Trinajstić information content (AvgIpc) is 2.78. The molecule has 3 nitrogen and oxygen atoms in total. The molecule has 1 atom stereocenters. The smallest absolute Gasteiger partial charge is 0.127 e. The molecule has 1 aliphatic heterocycles. The highest BCUT2D eigenvalue weighted by Crippen LogP contribution is 2.22. The molecule has 5 heteroatoms. The fourth-order valence-corrected chi connectivity index (χ4v) is 2.93. The van der Waals surface area contributed by atoms with Crippen molar-refractivity contribution in [1.82, 2.24) is 9.80 Å². The Labute approximate surface area is 125 Å². The van der Waals surface area contributed by atoms with Crippen LogP contribution in [0.2, 0.25) is 0 Å². The van der Waals surface area contributed by atoms with Crippen LogP contribution in [0.3, 0.4) is 0 Å². The number of likely N-dealkylation sites (N-methyl/N-ethyl adjacent to an activating group) is 1. The Bertz CT molecular complexity index is 490. The summed E-state index contributed by atoms with van der Waals surface area (Å²) in [5, 5.41) is 0. The molecule has 1 aromatic rings. The Balaban J connectivity index is 2.12. The number of nitrogens with two attached hydrogens (primary N) is 1. The first-order valence-electron chi connectivity index (χ1n) is 6.94. The molecule has 0 radical (unpaired) electrons. The standard InChI is InChI=1S/C15H22FN3S/c1-18(2)10-13-4-3-7-19(13)9-12-8-11(15(17)20)5-6-14(12)16/h5-6,8,13H,3-4,7,9-10H2,1-2H3,(H2,17,20). The third-order valence-electron chi connectivity index (χ3n) is 3.78. The zero-order valence-corrected chi connectivity index (χ0v) is 12.9. The van der Waals surface area contributed by atoms with Gasteiger partial charge in [-0.1, -0.05) is 12.2 Å². The highest BCUT2D eigenvalue weighted by Gasteiger charge is 2.25. The number of hydrogen-bond acceptors (Lipinski definition) is 3. The van der Waals surface area contributed by atoms with Crippen LogP contribution in [0.15, 0.2) is 18.2 Å². The SMILES string of the molecule is CN(C)CC1CCCN1Cc1cc(C(N)=S)ccc1F. The minimum atomic E-state index is -0.180. The van der Waals surface area contributed by atoms with Gasteiger partial charge in [-0.15, -0.1) is 0 Å². The number of likely N-dealkylation sites (tertiary alicyclic amines) is 1. The summed E-state index contributed by atoms with van der Waals surface area (Å²) < 4.78 is 14.0. The third-order valence-corrected chi connectivity index (χ3v) is 4.01. The van der Waals surface area contributed by atoms with Gasteiger partial charge < -0.3 is 10.6 Å². The molecule has 0 aromatic heterocycles. The van der Waals surface area contributed by atoms with Gasteiger partial charge in [0.2, 0.25) is 0 Å². The van der Waals surface area contributed by atoms with E-state index >= 15 is 0 Å². The number of benzene rings is 1. The molecule has 0 spiro atoms. The second kappa shape index (κ2) is 6.61. The second-order valence-electron chi connectivity index (χ2n) is 5.70. The summed E-state index contributed by atoms with van der Waals surface area (Å²) in [5.74, 6) is -0.180. The summed E-state index contributed by atoms with van der Waals surface area (Å²) in [6, 6.07) is 5.38. The maximum Gasteiger partial charge on any atom is 0.127 e. The van der Waals surface area contributed by atoms with Gasteiger partial charge in [-0.2, -0.15) is 0 Å². The fourth-order valence-electron chi connectivity index (χ4n) is 2.80. The van der Waals surface area contributed by atoms with E-state index in [0.29, 0.717) is 23.1 Å². The van der Waals surface area contributed by atoms with Gasteiger partial charge in [0.05, 0.1) is 0 Å². The van der Waals surface area contributed by atoms with Crippen molar-refractivity contribution in [3.63, 3.8) is 0 Å². The summed E-state index contributed by atoms with van der Waals surface area (Å²) in [4.78, 5) is 4.85. The number of nitrogens with zero attached hydrogens (tertiary/aromatic N) is 2. The van der Waals surface area contributed by atoms with Gasteiger partial charge in [0.15, 0.2) is 0 Å². The van der Waals surface area contributed by atoms with Crippen LogP contribution in [-0.2, 0) is 6.54 Å². The van der Waals surface area contributed by atoms with Gasteiger partial charge in [-0.25, -0.2) is 4.39 Å². The van der Waals surface area contributed by atoms with E-state index in [1.807, 2.05) is 0 Å². The third kappa shape index (κ3) is 3.75. The number of hydrogen-bond donors (Lipinski definition) is 1. The van der Waals surface area contributed by atoms with Gasteiger partial charge in [-0.05, 0) is 51.7 Å². The van der Waals surface area contributed by atoms with Gasteiger partial charge in [0, 0.05) is 30.3 Å². The second-order valence-corrected chi connectivity index (χ2v) is 6.14. The maximum atomic E-state index is 14.0. The molecule has 1 unspecified atom stereocenters. The summed E-state index contributed by atoms with van der Waals surface area (Å²) in [6.07, 6.45) is 2.35. The Kier molecular flexibility index (Phi) is 5.07. The number of halogens is 1. The molecular weight excluding hydrogens is 273 g/mol. The monoisotopic (exact) mass is 295 g/mol. The lowest BCUT2D eigenvalue weighted by molar-refractivity contribution is 0.199. The van der Waals surface area contributed by atoms with Gasteiger partial charge in [0.1, 0.15) is 10.8 Å². The van der Waals surface area contributed by atoms with Crippen LogP contribution in [0.25, 0.3) is 0 Å². The van der Waals surface area contributed by atoms with Crippen molar-refractivity contribution in [2.24, 2.45) is 5.73 Å². The molecule has 1 aliphatic rings. The van der Waals surface area contributed by atoms with Crippen molar-refractivity contribution >= 4 is 17.2 Å². The molecule has 0 saturated carbocycles. The van der Waals surface area contributed by atoms with E-state index in [1.54, 1.807) is 12.1 Å². The van der Waals surface area contributed by atoms with Crippen molar-refractivity contribution < 1.29 is 4.39 Å². The van der Waals surface area contributed by atoms with Gasteiger partial charge >= 0.3 is 0 Å². The predicted octanol–water partition coefficient (Wildman–Crippen LogP) is 1.99. The lowest BCUT2D eigenvalue weighted by atomic mass is 10.1. The molecule has 1 heterocycles. The van der Waals surface area contributed by atoms with E-state index < -0.39 is 0 Å². The summed E-state index contributed by atoms with van der Waals surface area (Å²) >= 11 is 4.96. The summed E-state index contributed by atoms with van der Waals surface area (Å²) in [6.45, 7) is 2.66. The Morgan fingerprint density at radius 3 is 2.90 bits per heavy atom. The minimum Gasteiger partial charge on any atom is -0.389 e. The van der Waals surface area contributed by atoms with E-state index in [9.17, 15) is 4.39 Å². The highest BCUT2D eigenvalue weighted by molar-refractivity contribution is 7.80. The van der Waals surface area contributed by atoms with Crippen LogP contribution in [-0.4, -0.2) is 48.0 Å². The zero-order chi connectivity index (χ0) is 14.7. The highest BCUT2D eigenvalue weighted by atomic mass is 32.1. The molecule has 1 aromatic carbocycles. The minimum absolute atomic E-state index is 0.180. The van der Waals surface area contributed by atoms with Crippen molar-refractivity contribution in [3.8, 4) is 0 Å². The van der Waals surface area contributed by atoms with Crippen molar-refractivity contribution in [2.75, 3.05) is 27.2 Å². The quantitative estimate of drug-likeness (QED) is 0.842. The van der Waals surface area contributed by atoms with Crippen LogP contribution in [0.1, 0.15) is 24.0 Å². The lowest BCUT2D eigenvalue weighted by Gasteiger charge is -2.27. The summed E-state index contributed by atoms with van der Waals surface area (Å²) in [7, 11) is 4.15. The molecule has 20 heavy (non-hydrogen) atoms. The van der Waals surface area contributed by atoms with Crippen LogP contribution < -0.4 is 5.73 Å². The van der Waals surface area contributed by atoms with Crippen LogP contribution in [0.5, 0.6) is 0 Å². The molecule has 1 fully saturated rings. The Morgan fingerprint density at radius 1 is 1.50 bits per heavy atom.